The molecule has 2 nitrogen and oxygen atoms in total. The predicted octanol–water partition coefficient (Wildman–Crippen LogP) is 4.23. The zero-order chi connectivity index (χ0) is 16.0. The van der Waals surface area contributed by atoms with Crippen LogP contribution in [0.25, 0.3) is 0 Å². The molecule has 0 aliphatic heterocycles. The highest BCUT2D eigenvalue weighted by Crippen LogP contribution is 2.30. The predicted molar refractivity (Wildman–Crippen MR) is 85.8 cm³/mol. The van der Waals surface area contributed by atoms with Crippen LogP contribution >= 0.6 is 12.2 Å². The molecule has 0 bridgehead atoms. The van der Waals surface area contributed by atoms with Crippen molar-refractivity contribution >= 4 is 23.0 Å². The van der Waals surface area contributed by atoms with Crippen molar-refractivity contribution in [1.82, 2.24) is 5.32 Å². The second kappa shape index (κ2) is 7.26. The van der Waals surface area contributed by atoms with Crippen molar-refractivity contribution in [3.05, 3.63) is 65.7 Å². The third-order valence-electron chi connectivity index (χ3n) is 2.99. The maximum atomic E-state index is 12.6. The van der Waals surface area contributed by atoms with E-state index in [2.05, 4.69) is 10.6 Å². The maximum absolute atomic E-state index is 12.6. The molecular weight excluding hydrogens is 309 g/mol. The third kappa shape index (κ3) is 5.04. The zero-order valence-corrected chi connectivity index (χ0v) is 12.5. The molecule has 0 aromatic heterocycles. The topological polar surface area (TPSA) is 24.1 Å². The first-order valence-electron chi connectivity index (χ1n) is 6.71. The van der Waals surface area contributed by atoms with E-state index in [1.807, 2.05) is 30.3 Å². The van der Waals surface area contributed by atoms with Gasteiger partial charge in [0.15, 0.2) is 5.11 Å². The molecule has 2 aromatic carbocycles. The highest BCUT2D eigenvalue weighted by Gasteiger charge is 2.30. The molecular formula is C16H15F3N2S. The van der Waals surface area contributed by atoms with Gasteiger partial charge < -0.3 is 10.6 Å². The van der Waals surface area contributed by atoms with Gasteiger partial charge in [0.25, 0.3) is 0 Å². The van der Waals surface area contributed by atoms with Crippen LogP contribution in [0.2, 0.25) is 0 Å². The Morgan fingerprint density at radius 3 is 2.41 bits per heavy atom. The van der Waals surface area contributed by atoms with Crippen molar-refractivity contribution in [3.8, 4) is 0 Å². The Bertz CT molecular complexity index is 627. The summed E-state index contributed by atoms with van der Waals surface area (Å²) in [4.78, 5) is 0. The Balaban J connectivity index is 1.84. The second-order valence-corrected chi connectivity index (χ2v) is 5.10. The van der Waals surface area contributed by atoms with Crippen molar-refractivity contribution in [3.63, 3.8) is 0 Å². The summed E-state index contributed by atoms with van der Waals surface area (Å²) < 4.78 is 37.9. The lowest BCUT2D eigenvalue weighted by Crippen LogP contribution is -2.30. The largest absolute Gasteiger partial charge is 0.416 e. The van der Waals surface area contributed by atoms with Gasteiger partial charge in [-0.15, -0.1) is 0 Å². The minimum absolute atomic E-state index is 0.301. The molecule has 0 fully saturated rings. The van der Waals surface area contributed by atoms with Crippen LogP contribution < -0.4 is 10.6 Å². The van der Waals surface area contributed by atoms with E-state index in [1.165, 1.54) is 6.07 Å². The molecule has 0 aliphatic rings. The number of thiocarbonyl (C=S) groups is 1. The lowest BCUT2D eigenvalue weighted by molar-refractivity contribution is -0.137. The van der Waals surface area contributed by atoms with E-state index in [0.717, 1.165) is 24.1 Å². The first kappa shape index (κ1) is 16.3. The Hall–Kier alpha value is -2.08. The Morgan fingerprint density at radius 1 is 1.00 bits per heavy atom. The maximum Gasteiger partial charge on any atom is 0.416 e. The number of halogens is 3. The molecule has 0 radical (unpaired) electrons. The molecule has 0 saturated heterocycles. The molecule has 116 valence electrons. The number of benzene rings is 2. The number of alkyl halides is 3. The quantitative estimate of drug-likeness (QED) is 0.823. The standard InChI is InChI=1S/C16H15F3N2S/c17-16(18,19)13-7-4-8-14(11-13)21-15(22)20-10-9-12-5-2-1-3-6-12/h1-8,11H,9-10H2,(H2,20,21,22). The monoisotopic (exact) mass is 324 g/mol. The summed E-state index contributed by atoms with van der Waals surface area (Å²) in [7, 11) is 0. The van der Waals surface area contributed by atoms with E-state index in [0.29, 0.717) is 17.3 Å². The highest BCUT2D eigenvalue weighted by molar-refractivity contribution is 7.80. The average molecular weight is 324 g/mol. The van der Waals surface area contributed by atoms with Gasteiger partial charge in [-0.3, -0.25) is 0 Å². The summed E-state index contributed by atoms with van der Waals surface area (Å²) >= 11 is 5.08. The van der Waals surface area contributed by atoms with Gasteiger partial charge in [0.1, 0.15) is 0 Å². The van der Waals surface area contributed by atoms with Crippen molar-refractivity contribution in [2.75, 3.05) is 11.9 Å². The molecule has 0 aliphatic carbocycles. The van der Waals surface area contributed by atoms with Crippen LogP contribution in [0.1, 0.15) is 11.1 Å². The van der Waals surface area contributed by atoms with E-state index in [-0.39, 0.29) is 0 Å². The first-order valence-corrected chi connectivity index (χ1v) is 7.12. The van der Waals surface area contributed by atoms with Crippen LogP contribution in [0.4, 0.5) is 18.9 Å². The summed E-state index contributed by atoms with van der Waals surface area (Å²) in [6, 6.07) is 14.8. The molecule has 22 heavy (non-hydrogen) atoms. The van der Waals surface area contributed by atoms with Gasteiger partial charge in [0, 0.05) is 12.2 Å². The first-order chi connectivity index (χ1) is 10.4. The van der Waals surface area contributed by atoms with Crippen LogP contribution in [-0.2, 0) is 12.6 Å². The van der Waals surface area contributed by atoms with E-state index in [1.54, 1.807) is 6.07 Å². The minimum atomic E-state index is -4.36. The smallest absolute Gasteiger partial charge is 0.362 e. The normalized spacial score (nSPS) is 11.0. The van der Waals surface area contributed by atoms with Gasteiger partial charge in [-0.25, -0.2) is 0 Å². The van der Waals surface area contributed by atoms with Gasteiger partial charge in [-0.1, -0.05) is 36.4 Å². The molecule has 0 spiro atoms. The van der Waals surface area contributed by atoms with Crippen molar-refractivity contribution in [2.45, 2.75) is 12.6 Å². The summed E-state index contributed by atoms with van der Waals surface area (Å²) in [6.07, 6.45) is -3.58. The number of anilines is 1. The number of hydrogen-bond acceptors (Lipinski definition) is 1. The second-order valence-electron chi connectivity index (χ2n) is 4.70. The summed E-state index contributed by atoms with van der Waals surface area (Å²) in [6.45, 7) is 0.606. The van der Waals surface area contributed by atoms with Gasteiger partial charge >= 0.3 is 6.18 Å². The van der Waals surface area contributed by atoms with Crippen molar-refractivity contribution in [2.24, 2.45) is 0 Å². The fraction of sp³-hybridized carbons (Fsp3) is 0.188. The molecule has 0 unspecified atom stereocenters. The Morgan fingerprint density at radius 2 is 1.73 bits per heavy atom. The molecule has 2 N–H and O–H groups in total. The summed E-state index contributed by atoms with van der Waals surface area (Å²) in [5, 5.41) is 6.04. The molecule has 0 saturated carbocycles. The zero-order valence-electron chi connectivity index (χ0n) is 11.7. The van der Waals surface area contributed by atoms with Gasteiger partial charge in [-0.2, -0.15) is 13.2 Å². The summed E-state index contributed by atoms with van der Waals surface area (Å²) in [5.74, 6) is 0. The number of hydrogen-bond donors (Lipinski definition) is 2. The minimum Gasteiger partial charge on any atom is -0.362 e. The molecule has 0 amide bonds. The van der Waals surface area contributed by atoms with Crippen LogP contribution in [-0.4, -0.2) is 11.7 Å². The van der Waals surface area contributed by atoms with Gasteiger partial charge in [-0.05, 0) is 42.4 Å². The van der Waals surface area contributed by atoms with E-state index < -0.39 is 11.7 Å². The SMILES string of the molecule is FC(F)(F)c1cccc(NC(=S)NCCc2ccccc2)c1. The van der Waals surface area contributed by atoms with E-state index >= 15 is 0 Å². The molecule has 0 heterocycles. The molecule has 0 atom stereocenters. The third-order valence-corrected chi connectivity index (χ3v) is 3.24. The number of rotatable bonds is 4. The van der Waals surface area contributed by atoms with Crippen molar-refractivity contribution < 1.29 is 13.2 Å². The van der Waals surface area contributed by atoms with E-state index in [9.17, 15) is 13.2 Å². The van der Waals surface area contributed by atoms with Gasteiger partial charge in [0.2, 0.25) is 0 Å². The molecule has 2 aromatic rings. The van der Waals surface area contributed by atoms with Crippen LogP contribution in [0.5, 0.6) is 0 Å². The highest BCUT2D eigenvalue weighted by atomic mass is 32.1. The lowest BCUT2D eigenvalue weighted by Gasteiger charge is -2.12. The Kier molecular flexibility index (Phi) is 5.38. The van der Waals surface area contributed by atoms with Crippen LogP contribution in [0.15, 0.2) is 54.6 Å². The van der Waals surface area contributed by atoms with Crippen molar-refractivity contribution in [1.29, 1.82) is 0 Å². The van der Waals surface area contributed by atoms with Gasteiger partial charge in [0.05, 0.1) is 5.56 Å². The molecule has 6 heteroatoms. The summed E-state index contributed by atoms with van der Waals surface area (Å²) in [5.41, 5.74) is 0.772. The fourth-order valence-corrected chi connectivity index (χ4v) is 2.13. The van der Waals surface area contributed by atoms with E-state index in [4.69, 9.17) is 12.2 Å². The van der Waals surface area contributed by atoms with Crippen LogP contribution in [0, 0.1) is 0 Å². The fourth-order valence-electron chi connectivity index (χ4n) is 1.91. The lowest BCUT2D eigenvalue weighted by atomic mass is 10.1. The van der Waals surface area contributed by atoms with Crippen LogP contribution in [0.3, 0.4) is 0 Å². The number of nitrogens with one attached hydrogen (secondary N) is 2. The Labute approximate surface area is 132 Å². The average Bonchev–Trinajstić information content (AvgIpc) is 2.48. The molecule has 2 rings (SSSR count).